The van der Waals surface area contributed by atoms with E-state index in [9.17, 15) is 27.8 Å². The average molecular weight is 498 g/mol. The number of aliphatic hydroxyl groups excluding tert-OH is 2. The van der Waals surface area contributed by atoms with E-state index in [0.29, 0.717) is 22.4 Å². The summed E-state index contributed by atoms with van der Waals surface area (Å²) in [6.45, 7) is 7.65. The molecule has 1 aromatic rings. The normalized spacial score (nSPS) is 15.2. The van der Waals surface area contributed by atoms with Crippen LogP contribution in [0.3, 0.4) is 0 Å². The van der Waals surface area contributed by atoms with Crippen LogP contribution < -0.4 is 5.73 Å². The van der Waals surface area contributed by atoms with Crippen molar-refractivity contribution < 1.29 is 32.9 Å². The van der Waals surface area contributed by atoms with Gasteiger partial charge in [-0.2, -0.15) is 0 Å². The van der Waals surface area contributed by atoms with Crippen molar-refractivity contribution in [2.24, 2.45) is 16.6 Å². The molecule has 0 fully saturated rings. The molecule has 0 aliphatic rings. The number of guanidine groups is 1. The van der Waals surface area contributed by atoms with Crippen LogP contribution in [0.4, 0.5) is 4.39 Å². The molecule has 0 bridgehead atoms. The van der Waals surface area contributed by atoms with Crippen LogP contribution in [0.1, 0.15) is 32.3 Å². The molecule has 5 N–H and O–H groups in total. The second-order valence-corrected chi connectivity index (χ2v) is 10.1. The highest BCUT2D eigenvalue weighted by molar-refractivity contribution is 7.88. The number of allylic oxidation sites excluding steroid dienone is 4. The van der Waals surface area contributed by atoms with Gasteiger partial charge in [-0.15, -0.1) is 0 Å². The van der Waals surface area contributed by atoms with Gasteiger partial charge in [-0.1, -0.05) is 44.7 Å². The summed E-state index contributed by atoms with van der Waals surface area (Å²) in [4.78, 5) is 15.1. The van der Waals surface area contributed by atoms with Gasteiger partial charge < -0.3 is 21.1 Å². The minimum atomic E-state index is -3.67. The summed E-state index contributed by atoms with van der Waals surface area (Å²) in [5, 5.41) is 28.8. The number of carboxylic acid groups (broad SMARTS) is 1. The molecular formula is C23H32FN3O6S. The molecule has 0 saturated heterocycles. The largest absolute Gasteiger partial charge is 0.481 e. The summed E-state index contributed by atoms with van der Waals surface area (Å²) >= 11 is 0. The number of aliphatic imine (C=N–C) groups is 1. The standard InChI is InChI=1S/C23H32FN3O6S/c1-14(2)22(26-23(25)27(4)34(5,32)33)20(15(3)16-6-8-17(24)9-7-16)11-10-18(28)12-19(29)13-21(30)31/h6-11,14,18-19,28-29H,3,12-13H2,1-2,4-5H3,(H2,25,26)(H,30,31)/b11-10+,22-20-/t18?,19-/m1/s1. The lowest BCUT2D eigenvalue weighted by Gasteiger charge is -2.20. The van der Waals surface area contributed by atoms with Gasteiger partial charge in [0.25, 0.3) is 0 Å². The maximum absolute atomic E-state index is 13.4. The van der Waals surface area contributed by atoms with E-state index in [0.717, 1.165) is 10.6 Å². The van der Waals surface area contributed by atoms with Gasteiger partial charge in [-0.25, -0.2) is 22.1 Å². The molecule has 0 aliphatic heterocycles. The number of benzene rings is 1. The predicted molar refractivity (Wildman–Crippen MR) is 130 cm³/mol. The molecule has 11 heteroatoms. The van der Waals surface area contributed by atoms with Crippen LogP contribution in [0.5, 0.6) is 0 Å². The van der Waals surface area contributed by atoms with Crippen molar-refractivity contribution in [1.82, 2.24) is 4.31 Å². The first-order valence-corrected chi connectivity index (χ1v) is 12.2. The zero-order chi connectivity index (χ0) is 26.2. The van der Waals surface area contributed by atoms with Crippen molar-refractivity contribution >= 4 is 27.5 Å². The Kier molecular flexibility index (Phi) is 10.6. The van der Waals surface area contributed by atoms with Crippen molar-refractivity contribution in [3.63, 3.8) is 0 Å². The Morgan fingerprint density at radius 1 is 1.26 bits per heavy atom. The van der Waals surface area contributed by atoms with Gasteiger partial charge >= 0.3 is 5.97 Å². The monoisotopic (exact) mass is 497 g/mol. The lowest BCUT2D eigenvalue weighted by molar-refractivity contribution is -0.139. The van der Waals surface area contributed by atoms with Crippen molar-refractivity contribution in [2.45, 2.75) is 38.9 Å². The Bertz CT molecular complexity index is 1080. The van der Waals surface area contributed by atoms with E-state index < -0.39 is 40.4 Å². The van der Waals surface area contributed by atoms with Gasteiger partial charge in [0.1, 0.15) is 5.82 Å². The van der Waals surface area contributed by atoms with Crippen LogP contribution >= 0.6 is 0 Å². The fourth-order valence-corrected chi connectivity index (χ4v) is 3.24. The smallest absolute Gasteiger partial charge is 0.305 e. The van der Waals surface area contributed by atoms with E-state index in [1.807, 2.05) is 0 Å². The molecule has 0 heterocycles. The number of hydrogen-bond donors (Lipinski definition) is 4. The van der Waals surface area contributed by atoms with Crippen molar-refractivity contribution in [3.05, 3.63) is 65.6 Å². The van der Waals surface area contributed by atoms with Crippen molar-refractivity contribution in [1.29, 1.82) is 0 Å². The van der Waals surface area contributed by atoms with Crippen molar-refractivity contribution in [2.75, 3.05) is 13.3 Å². The molecule has 0 radical (unpaired) electrons. The summed E-state index contributed by atoms with van der Waals surface area (Å²) in [6, 6.07) is 5.52. The van der Waals surface area contributed by atoms with Gasteiger partial charge in [0.15, 0.2) is 0 Å². The Morgan fingerprint density at radius 2 is 1.82 bits per heavy atom. The molecule has 0 aromatic heterocycles. The number of nitrogens with zero attached hydrogens (tertiary/aromatic N) is 2. The third-order valence-electron chi connectivity index (χ3n) is 4.80. The SMILES string of the molecule is C=C(C(/C=C/C(O)C[C@@H](O)CC(=O)O)=C(\N=C(N)N(C)S(C)(=O)=O)C(C)C)c1ccc(F)cc1. The van der Waals surface area contributed by atoms with E-state index in [2.05, 4.69) is 11.6 Å². The summed E-state index contributed by atoms with van der Waals surface area (Å²) in [5.74, 6) is -2.21. The maximum Gasteiger partial charge on any atom is 0.305 e. The van der Waals surface area contributed by atoms with Crippen LogP contribution in [-0.4, -0.2) is 65.5 Å². The Morgan fingerprint density at radius 3 is 2.29 bits per heavy atom. The third-order valence-corrected chi connectivity index (χ3v) is 5.99. The highest BCUT2D eigenvalue weighted by Gasteiger charge is 2.19. The number of sulfonamides is 1. The zero-order valence-corrected chi connectivity index (χ0v) is 20.5. The molecule has 34 heavy (non-hydrogen) atoms. The number of aliphatic hydroxyl groups is 2. The number of aliphatic carboxylic acids is 1. The molecule has 0 saturated carbocycles. The van der Waals surface area contributed by atoms with Crippen LogP contribution in [0.15, 0.2) is 59.3 Å². The second kappa shape index (κ2) is 12.4. The van der Waals surface area contributed by atoms with E-state index in [1.54, 1.807) is 13.8 Å². The number of rotatable bonds is 11. The highest BCUT2D eigenvalue weighted by atomic mass is 32.2. The molecule has 0 spiro atoms. The fraction of sp³-hybridized carbons (Fsp3) is 0.391. The van der Waals surface area contributed by atoms with Crippen LogP contribution in [-0.2, 0) is 14.8 Å². The predicted octanol–water partition coefficient (Wildman–Crippen LogP) is 2.10. The summed E-state index contributed by atoms with van der Waals surface area (Å²) in [7, 11) is -2.41. The van der Waals surface area contributed by atoms with Crippen LogP contribution in [0.25, 0.3) is 5.57 Å². The molecule has 1 unspecified atom stereocenters. The Hall–Kier alpha value is -3.02. The molecule has 1 rings (SSSR count). The van der Waals surface area contributed by atoms with E-state index in [4.69, 9.17) is 10.8 Å². The zero-order valence-electron chi connectivity index (χ0n) is 19.6. The van der Waals surface area contributed by atoms with Crippen LogP contribution in [0, 0.1) is 11.7 Å². The summed E-state index contributed by atoms with van der Waals surface area (Å²) < 4.78 is 38.0. The Labute approximate surface area is 199 Å². The first-order chi connectivity index (χ1) is 15.6. The number of halogens is 1. The molecule has 2 atom stereocenters. The lowest BCUT2D eigenvalue weighted by Crippen LogP contribution is -2.38. The number of hydrogen-bond acceptors (Lipinski definition) is 6. The maximum atomic E-state index is 13.4. The molecule has 0 amide bonds. The van der Waals surface area contributed by atoms with Gasteiger partial charge in [-0.05, 0) is 29.2 Å². The lowest BCUT2D eigenvalue weighted by atomic mass is 9.93. The van der Waals surface area contributed by atoms with Crippen LogP contribution in [0.2, 0.25) is 0 Å². The van der Waals surface area contributed by atoms with Gasteiger partial charge in [0, 0.05) is 19.0 Å². The highest BCUT2D eigenvalue weighted by Crippen LogP contribution is 2.30. The Balaban J connectivity index is 3.56. The number of nitrogens with two attached hydrogens (primary N) is 1. The molecule has 0 aliphatic carbocycles. The minimum Gasteiger partial charge on any atom is -0.481 e. The first-order valence-electron chi connectivity index (χ1n) is 10.4. The average Bonchev–Trinajstić information content (AvgIpc) is 2.71. The van der Waals surface area contributed by atoms with Crippen molar-refractivity contribution in [3.8, 4) is 0 Å². The molecule has 188 valence electrons. The molecule has 9 nitrogen and oxygen atoms in total. The fourth-order valence-electron chi connectivity index (χ4n) is 2.86. The molecular weight excluding hydrogens is 465 g/mol. The minimum absolute atomic E-state index is 0.224. The van der Waals surface area contributed by atoms with Gasteiger partial charge in [-0.3, -0.25) is 4.79 Å². The first kappa shape index (κ1) is 29.0. The van der Waals surface area contributed by atoms with E-state index in [1.165, 1.54) is 43.5 Å². The third kappa shape index (κ3) is 9.08. The number of carboxylic acids is 1. The van der Waals surface area contributed by atoms with E-state index in [-0.39, 0.29) is 18.3 Å². The van der Waals surface area contributed by atoms with E-state index >= 15 is 0 Å². The number of carbonyl (C=O) groups is 1. The summed E-state index contributed by atoms with van der Waals surface area (Å²) in [6.07, 6.45) is 0.597. The second-order valence-electron chi connectivity index (χ2n) is 8.05. The quantitative estimate of drug-likeness (QED) is 0.207. The summed E-state index contributed by atoms with van der Waals surface area (Å²) in [5.41, 5.74) is 7.61. The van der Waals surface area contributed by atoms with Gasteiger partial charge in [0.05, 0.1) is 30.6 Å². The topological polar surface area (TPSA) is 154 Å². The molecule has 1 aromatic carbocycles. The van der Waals surface area contributed by atoms with Gasteiger partial charge in [0.2, 0.25) is 16.0 Å².